The summed E-state index contributed by atoms with van der Waals surface area (Å²) in [6.45, 7) is 1.71. The summed E-state index contributed by atoms with van der Waals surface area (Å²) in [5.74, 6) is -0.585. The number of aromatic nitrogens is 3. The first-order chi connectivity index (χ1) is 9.09. The van der Waals surface area contributed by atoms with Crippen LogP contribution in [0.3, 0.4) is 0 Å². The molecule has 0 saturated heterocycles. The molecular formula is C13H11N3O3. The van der Waals surface area contributed by atoms with Gasteiger partial charge in [-0.1, -0.05) is 29.5 Å². The van der Waals surface area contributed by atoms with Crippen molar-refractivity contribution in [1.82, 2.24) is 15.0 Å². The summed E-state index contributed by atoms with van der Waals surface area (Å²) in [5, 5.41) is 16.9. The van der Waals surface area contributed by atoms with Crippen LogP contribution in [0.2, 0.25) is 0 Å². The Morgan fingerprint density at radius 3 is 2.47 bits per heavy atom. The van der Waals surface area contributed by atoms with Crippen LogP contribution in [0.4, 0.5) is 0 Å². The van der Waals surface area contributed by atoms with Gasteiger partial charge in [0.25, 0.3) is 0 Å². The Kier molecular flexibility index (Phi) is 2.53. The SMILES string of the molecule is CC(O)Cn1nnc2c1C(=O)c1ccccc1C2=O. The van der Waals surface area contributed by atoms with E-state index in [1.165, 1.54) is 4.68 Å². The van der Waals surface area contributed by atoms with E-state index < -0.39 is 6.10 Å². The summed E-state index contributed by atoms with van der Waals surface area (Å²) in [6, 6.07) is 6.62. The van der Waals surface area contributed by atoms with Crippen molar-refractivity contribution >= 4 is 11.6 Å². The van der Waals surface area contributed by atoms with Gasteiger partial charge in [-0.2, -0.15) is 0 Å². The third-order valence-corrected chi connectivity index (χ3v) is 3.02. The molecule has 0 amide bonds. The fourth-order valence-electron chi connectivity index (χ4n) is 2.20. The second kappa shape index (κ2) is 4.10. The van der Waals surface area contributed by atoms with Gasteiger partial charge in [0, 0.05) is 11.1 Å². The molecule has 6 nitrogen and oxygen atoms in total. The normalized spacial score (nSPS) is 15.1. The second-order valence-corrected chi connectivity index (χ2v) is 4.52. The molecule has 1 aliphatic rings. The van der Waals surface area contributed by atoms with Crippen LogP contribution in [0, 0.1) is 0 Å². The minimum Gasteiger partial charge on any atom is -0.391 e. The van der Waals surface area contributed by atoms with Gasteiger partial charge in [0.2, 0.25) is 11.6 Å². The fraction of sp³-hybridized carbons (Fsp3) is 0.231. The number of rotatable bonds is 2. The summed E-state index contributed by atoms with van der Waals surface area (Å²) in [4.78, 5) is 24.6. The third kappa shape index (κ3) is 1.68. The number of carbonyl (C=O) groups excluding carboxylic acids is 2. The standard InChI is InChI=1S/C13H11N3O3/c1-7(17)6-16-11-10(14-15-16)12(18)8-4-2-3-5-9(8)13(11)19/h2-5,7,17H,6H2,1H3. The Bertz CT molecular complexity index is 688. The van der Waals surface area contributed by atoms with Crippen LogP contribution < -0.4 is 0 Å². The third-order valence-electron chi connectivity index (χ3n) is 3.02. The number of aliphatic hydroxyl groups is 1. The van der Waals surface area contributed by atoms with Gasteiger partial charge < -0.3 is 5.11 Å². The van der Waals surface area contributed by atoms with E-state index >= 15 is 0 Å². The van der Waals surface area contributed by atoms with E-state index in [4.69, 9.17) is 0 Å². The molecule has 1 aromatic heterocycles. The predicted octanol–water partition coefficient (Wildman–Crippen LogP) is 0.434. The molecular weight excluding hydrogens is 246 g/mol. The number of fused-ring (bicyclic) bond motifs is 2. The fourth-order valence-corrected chi connectivity index (χ4v) is 2.20. The molecule has 2 aromatic rings. The molecule has 3 rings (SSSR count). The Balaban J connectivity index is 2.18. The number of nitrogens with zero attached hydrogens (tertiary/aromatic N) is 3. The largest absolute Gasteiger partial charge is 0.391 e. The Morgan fingerprint density at radius 1 is 1.21 bits per heavy atom. The van der Waals surface area contributed by atoms with Crippen LogP contribution in [0.5, 0.6) is 0 Å². The van der Waals surface area contributed by atoms with E-state index in [1.807, 2.05) is 0 Å². The zero-order valence-corrected chi connectivity index (χ0v) is 10.2. The number of ketones is 2. The summed E-state index contributed by atoms with van der Waals surface area (Å²) < 4.78 is 1.29. The van der Waals surface area contributed by atoms with E-state index in [1.54, 1.807) is 31.2 Å². The van der Waals surface area contributed by atoms with Crippen LogP contribution in [-0.4, -0.2) is 37.8 Å². The maximum Gasteiger partial charge on any atom is 0.216 e. The maximum absolute atomic E-state index is 12.4. The van der Waals surface area contributed by atoms with Crippen molar-refractivity contribution in [2.45, 2.75) is 19.6 Å². The number of aliphatic hydroxyl groups excluding tert-OH is 1. The molecule has 1 heterocycles. The Morgan fingerprint density at radius 2 is 1.84 bits per heavy atom. The van der Waals surface area contributed by atoms with Crippen LogP contribution in [0.1, 0.15) is 39.0 Å². The number of hydrogen-bond acceptors (Lipinski definition) is 5. The molecule has 0 saturated carbocycles. The summed E-state index contributed by atoms with van der Waals surface area (Å²) in [5.41, 5.74) is 0.923. The molecule has 1 unspecified atom stereocenters. The lowest BCUT2D eigenvalue weighted by Crippen LogP contribution is -2.25. The van der Waals surface area contributed by atoms with E-state index in [0.717, 1.165) is 0 Å². The zero-order valence-electron chi connectivity index (χ0n) is 10.2. The van der Waals surface area contributed by atoms with Gasteiger partial charge in [-0.15, -0.1) is 5.10 Å². The van der Waals surface area contributed by atoms with Crippen molar-refractivity contribution in [3.8, 4) is 0 Å². The monoisotopic (exact) mass is 257 g/mol. The van der Waals surface area contributed by atoms with Gasteiger partial charge in [0.15, 0.2) is 5.69 Å². The molecule has 19 heavy (non-hydrogen) atoms. The first-order valence-corrected chi connectivity index (χ1v) is 5.89. The lowest BCUT2D eigenvalue weighted by molar-refractivity contribution is 0.0966. The van der Waals surface area contributed by atoms with Crippen molar-refractivity contribution in [1.29, 1.82) is 0 Å². The summed E-state index contributed by atoms with van der Waals surface area (Å²) >= 11 is 0. The van der Waals surface area contributed by atoms with Crippen LogP contribution >= 0.6 is 0 Å². The first-order valence-electron chi connectivity index (χ1n) is 5.89. The van der Waals surface area contributed by atoms with Crippen molar-refractivity contribution < 1.29 is 14.7 Å². The molecule has 1 aliphatic carbocycles. The van der Waals surface area contributed by atoms with E-state index in [0.29, 0.717) is 11.1 Å². The van der Waals surface area contributed by atoms with E-state index in [-0.39, 0.29) is 29.5 Å². The van der Waals surface area contributed by atoms with Crippen molar-refractivity contribution in [3.63, 3.8) is 0 Å². The highest BCUT2D eigenvalue weighted by Crippen LogP contribution is 2.25. The van der Waals surface area contributed by atoms with Crippen LogP contribution in [0.25, 0.3) is 0 Å². The highest BCUT2D eigenvalue weighted by Gasteiger charge is 2.34. The van der Waals surface area contributed by atoms with Gasteiger partial charge in [-0.25, -0.2) is 4.68 Å². The molecule has 1 N–H and O–H groups in total. The lowest BCUT2D eigenvalue weighted by Gasteiger charge is -2.14. The molecule has 0 fully saturated rings. The second-order valence-electron chi connectivity index (χ2n) is 4.52. The number of hydrogen-bond donors (Lipinski definition) is 1. The van der Waals surface area contributed by atoms with Crippen molar-refractivity contribution in [2.24, 2.45) is 0 Å². The highest BCUT2D eigenvalue weighted by atomic mass is 16.3. The smallest absolute Gasteiger partial charge is 0.216 e. The van der Waals surface area contributed by atoms with E-state index in [9.17, 15) is 14.7 Å². The molecule has 96 valence electrons. The maximum atomic E-state index is 12.4. The topological polar surface area (TPSA) is 85.1 Å². The minimum atomic E-state index is -0.675. The predicted molar refractivity (Wildman–Crippen MR) is 65.0 cm³/mol. The van der Waals surface area contributed by atoms with Gasteiger partial charge >= 0.3 is 0 Å². The number of carbonyl (C=O) groups is 2. The van der Waals surface area contributed by atoms with Gasteiger partial charge in [-0.3, -0.25) is 9.59 Å². The van der Waals surface area contributed by atoms with Gasteiger partial charge in [0.1, 0.15) is 5.69 Å². The average molecular weight is 257 g/mol. The summed E-state index contributed by atoms with van der Waals surface area (Å²) in [6.07, 6.45) is -0.675. The molecule has 0 spiro atoms. The van der Waals surface area contributed by atoms with Crippen molar-refractivity contribution in [3.05, 3.63) is 46.8 Å². The van der Waals surface area contributed by atoms with Crippen LogP contribution in [-0.2, 0) is 6.54 Å². The minimum absolute atomic E-state index is 0.0596. The molecule has 0 aliphatic heterocycles. The number of benzene rings is 1. The Hall–Kier alpha value is -2.34. The molecule has 6 heteroatoms. The molecule has 0 bridgehead atoms. The van der Waals surface area contributed by atoms with E-state index in [2.05, 4.69) is 10.3 Å². The zero-order chi connectivity index (χ0) is 13.6. The Labute approximate surface area is 108 Å². The molecule has 0 radical (unpaired) electrons. The highest BCUT2D eigenvalue weighted by molar-refractivity contribution is 6.26. The van der Waals surface area contributed by atoms with Gasteiger partial charge in [0.05, 0.1) is 12.6 Å². The lowest BCUT2D eigenvalue weighted by atomic mass is 9.90. The molecule has 1 atom stereocenters. The van der Waals surface area contributed by atoms with Gasteiger partial charge in [-0.05, 0) is 6.92 Å². The quantitative estimate of drug-likeness (QED) is 0.719. The summed E-state index contributed by atoms with van der Waals surface area (Å²) in [7, 11) is 0. The average Bonchev–Trinajstić information content (AvgIpc) is 2.79. The first kappa shape index (κ1) is 11.7. The van der Waals surface area contributed by atoms with Crippen molar-refractivity contribution in [2.75, 3.05) is 0 Å². The van der Waals surface area contributed by atoms with Crippen LogP contribution in [0.15, 0.2) is 24.3 Å². The molecule has 1 aromatic carbocycles.